The molecule has 0 radical (unpaired) electrons. The van der Waals surface area contributed by atoms with Gasteiger partial charge in [-0.2, -0.15) is 0 Å². The molecule has 1 amide bonds. The number of primary sulfonamides is 1. The number of fused-ring (bicyclic) bond motifs is 1. The number of imidazole rings is 1. The van der Waals surface area contributed by atoms with Gasteiger partial charge in [0.05, 0.1) is 5.69 Å². The van der Waals surface area contributed by atoms with Gasteiger partial charge in [-0.25, -0.2) is 22.9 Å². The number of hydrogen-bond donors (Lipinski definition) is 3. The van der Waals surface area contributed by atoms with Gasteiger partial charge in [0.1, 0.15) is 28.8 Å². The zero-order valence-corrected chi connectivity index (χ0v) is 19.4. The first-order valence-corrected chi connectivity index (χ1v) is 12.2. The van der Waals surface area contributed by atoms with Gasteiger partial charge in [0.2, 0.25) is 21.7 Å². The maximum Gasteiger partial charge on any atom is 0.248 e. The number of primary amides is 1. The van der Waals surface area contributed by atoms with Gasteiger partial charge in [-0.1, -0.05) is 18.2 Å². The average molecular weight is 507 g/mol. The molecule has 2 aromatic carbocycles. The predicted molar refractivity (Wildman–Crippen MR) is 127 cm³/mol. The van der Waals surface area contributed by atoms with E-state index in [0.717, 1.165) is 12.3 Å². The van der Waals surface area contributed by atoms with E-state index in [0.29, 0.717) is 11.4 Å². The number of carbonyl (C=O) groups excluding carboxylic acids is 2. The number of rotatable bonds is 5. The molecule has 12 heteroatoms. The molecular formula is C24H19FN6O4S. The molecule has 1 atom stereocenters. The minimum Gasteiger partial charge on any atom is -0.366 e. The second-order valence-corrected chi connectivity index (χ2v) is 9.69. The number of ketones is 1. The molecule has 0 aliphatic carbocycles. The molecule has 5 rings (SSSR count). The molecule has 0 saturated heterocycles. The molecule has 1 aliphatic heterocycles. The molecule has 182 valence electrons. The Bertz CT molecular complexity index is 1650. The van der Waals surface area contributed by atoms with E-state index < -0.39 is 33.6 Å². The van der Waals surface area contributed by atoms with E-state index >= 15 is 4.39 Å². The lowest BCUT2D eigenvalue weighted by Crippen LogP contribution is -2.36. The Morgan fingerprint density at radius 2 is 1.97 bits per heavy atom. The summed E-state index contributed by atoms with van der Waals surface area (Å²) in [5.41, 5.74) is 7.43. The fourth-order valence-electron chi connectivity index (χ4n) is 4.23. The van der Waals surface area contributed by atoms with E-state index in [1.54, 1.807) is 28.8 Å². The summed E-state index contributed by atoms with van der Waals surface area (Å²) in [4.78, 5) is 32.9. The number of Topliss-reactive ketones (excluding diaryl/α,β-unsaturated/α-hetero) is 1. The van der Waals surface area contributed by atoms with Gasteiger partial charge in [0, 0.05) is 41.3 Å². The lowest BCUT2D eigenvalue weighted by atomic mass is 9.94. The molecule has 0 spiro atoms. The third-order valence-electron chi connectivity index (χ3n) is 5.93. The Hall–Kier alpha value is -4.26. The fraction of sp³-hybridized carbons (Fsp3) is 0.0833. The van der Waals surface area contributed by atoms with Crippen LogP contribution in [0.5, 0.6) is 0 Å². The van der Waals surface area contributed by atoms with Gasteiger partial charge < -0.3 is 5.73 Å². The number of sulfonamides is 1. The average Bonchev–Trinajstić information content (AvgIpc) is 3.29. The Morgan fingerprint density at radius 3 is 2.69 bits per heavy atom. The molecule has 3 heterocycles. The Labute approximate surface area is 204 Å². The maximum absolute atomic E-state index is 15.3. The van der Waals surface area contributed by atoms with Crippen molar-refractivity contribution in [3.8, 4) is 16.8 Å². The zero-order valence-electron chi connectivity index (χ0n) is 18.6. The van der Waals surface area contributed by atoms with E-state index in [4.69, 9.17) is 10.9 Å². The van der Waals surface area contributed by atoms with Crippen LogP contribution in [0.15, 0.2) is 72.1 Å². The van der Waals surface area contributed by atoms with Crippen molar-refractivity contribution < 1.29 is 22.4 Å². The number of nitrogens with two attached hydrogens (primary N) is 2. The minimum absolute atomic E-state index is 0.0826. The van der Waals surface area contributed by atoms with Gasteiger partial charge in [0.15, 0.2) is 0 Å². The minimum atomic E-state index is -4.09. The normalized spacial score (nSPS) is 15.5. The molecule has 10 nitrogen and oxygen atoms in total. The van der Waals surface area contributed by atoms with E-state index in [-0.39, 0.29) is 39.4 Å². The molecule has 0 fully saturated rings. The Balaban J connectivity index is 1.52. The van der Waals surface area contributed by atoms with Crippen LogP contribution in [-0.4, -0.2) is 34.6 Å². The molecular weight excluding hydrogens is 487 g/mol. The van der Waals surface area contributed by atoms with Gasteiger partial charge >= 0.3 is 0 Å². The van der Waals surface area contributed by atoms with Crippen molar-refractivity contribution in [1.29, 1.82) is 0 Å². The van der Waals surface area contributed by atoms with E-state index in [9.17, 15) is 18.0 Å². The van der Waals surface area contributed by atoms with Gasteiger partial charge in [-0.15, -0.1) is 0 Å². The van der Waals surface area contributed by atoms with Gasteiger partial charge in [-0.05, 0) is 35.9 Å². The molecule has 5 N–H and O–H groups in total. The highest BCUT2D eigenvalue weighted by atomic mass is 32.2. The summed E-state index contributed by atoms with van der Waals surface area (Å²) in [5, 5.41) is 8.28. The van der Waals surface area contributed by atoms with Crippen molar-refractivity contribution in [3.05, 3.63) is 95.6 Å². The van der Waals surface area contributed by atoms with Crippen LogP contribution in [0.2, 0.25) is 0 Å². The number of hydrogen-bond acceptors (Lipinski definition) is 7. The molecule has 4 aromatic rings. The molecule has 36 heavy (non-hydrogen) atoms. The summed E-state index contributed by atoms with van der Waals surface area (Å²) < 4.78 is 40.7. The monoisotopic (exact) mass is 506 g/mol. The molecule has 2 aromatic heterocycles. The lowest BCUT2D eigenvalue weighted by molar-refractivity contribution is 0.0919. The second-order valence-electron chi connectivity index (χ2n) is 8.16. The summed E-state index contributed by atoms with van der Waals surface area (Å²) in [6.45, 7) is 0.204. The van der Waals surface area contributed by atoms with Gasteiger partial charge in [-0.3, -0.25) is 24.5 Å². The highest BCUT2D eigenvalue weighted by Gasteiger charge is 2.34. The smallest absolute Gasteiger partial charge is 0.248 e. The third kappa shape index (κ3) is 4.06. The third-order valence-corrected chi connectivity index (χ3v) is 6.87. The number of benzene rings is 2. The van der Waals surface area contributed by atoms with Crippen molar-refractivity contribution >= 4 is 21.7 Å². The Morgan fingerprint density at radius 1 is 1.17 bits per heavy atom. The van der Waals surface area contributed by atoms with Crippen LogP contribution in [0, 0.1) is 5.82 Å². The SMILES string of the molecule is NC(=O)c1cccc(-n2cnc3c2C(=O)C(c2ccc(-c4ccncc4S(N)(=O)=O)cc2F)NC3)c1. The number of halogens is 1. The number of aromatic nitrogens is 3. The van der Waals surface area contributed by atoms with Crippen molar-refractivity contribution in [2.45, 2.75) is 17.5 Å². The number of nitrogens with one attached hydrogen (secondary N) is 1. The zero-order chi connectivity index (χ0) is 25.6. The number of amides is 1. The van der Waals surface area contributed by atoms with E-state index in [1.807, 2.05) is 0 Å². The maximum atomic E-state index is 15.3. The summed E-state index contributed by atoms with van der Waals surface area (Å²) in [6.07, 6.45) is 3.93. The molecule has 0 bridgehead atoms. The first-order valence-electron chi connectivity index (χ1n) is 10.7. The largest absolute Gasteiger partial charge is 0.366 e. The summed E-state index contributed by atoms with van der Waals surface area (Å²) in [5.74, 6) is -1.74. The standard InChI is InChI=1S/C24H19FN6O4S/c25-18-9-13(16-6-7-28-11-20(16)36(27,34)35)4-5-17(18)21-23(32)22-19(10-29-21)30-12-31(22)15-3-1-2-14(8-15)24(26)33/h1-9,11-12,21,29H,10H2,(H2,26,33)(H2,27,34,35). The van der Waals surface area contributed by atoms with Crippen LogP contribution >= 0.6 is 0 Å². The van der Waals surface area contributed by atoms with E-state index in [1.165, 1.54) is 30.7 Å². The number of carbonyl (C=O) groups is 2. The number of nitrogens with zero attached hydrogens (tertiary/aromatic N) is 3. The molecule has 0 saturated carbocycles. The van der Waals surface area contributed by atoms with Crippen molar-refractivity contribution in [2.24, 2.45) is 10.9 Å². The van der Waals surface area contributed by atoms with Crippen molar-refractivity contribution in [1.82, 2.24) is 19.9 Å². The van der Waals surface area contributed by atoms with Crippen LogP contribution in [0.25, 0.3) is 16.8 Å². The summed E-state index contributed by atoms with van der Waals surface area (Å²) >= 11 is 0. The quantitative estimate of drug-likeness (QED) is 0.372. The lowest BCUT2D eigenvalue weighted by Gasteiger charge is -2.24. The van der Waals surface area contributed by atoms with Crippen molar-refractivity contribution in [3.63, 3.8) is 0 Å². The Kier molecular flexibility index (Phi) is 5.71. The van der Waals surface area contributed by atoms with Crippen LogP contribution in [0.4, 0.5) is 4.39 Å². The fourth-order valence-corrected chi connectivity index (χ4v) is 4.93. The predicted octanol–water partition coefficient (Wildman–Crippen LogP) is 1.85. The second kappa shape index (κ2) is 8.75. The van der Waals surface area contributed by atoms with E-state index in [2.05, 4.69) is 15.3 Å². The summed E-state index contributed by atoms with van der Waals surface area (Å²) in [6, 6.07) is 10.9. The molecule has 1 aliphatic rings. The van der Waals surface area contributed by atoms with Crippen LogP contribution < -0.4 is 16.2 Å². The van der Waals surface area contributed by atoms with Crippen LogP contribution in [0.3, 0.4) is 0 Å². The van der Waals surface area contributed by atoms with Crippen LogP contribution in [-0.2, 0) is 16.6 Å². The van der Waals surface area contributed by atoms with Crippen molar-refractivity contribution in [2.75, 3.05) is 0 Å². The summed E-state index contributed by atoms with van der Waals surface area (Å²) in [7, 11) is -4.09. The molecule has 1 unspecified atom stereocenters. The first-order chi connectivity index (χ1) is 17.1. The first kappa shape index (κ1) is 23.5. The van der Waals surface area contributed by atoms with Gasteiger partial charge in [0.25, 0.3) is 0 Å². The topological polar surface area (TPSA) is 163 Å². The number of pyridine rings is 1. The highest BCUT2D eigenvalue weighted by Crippen LogP contribution is 2.32. The highest BCUT2D eigenvalue weighted by molar-refractivity contribution is 7.89. The van der Waals surface area contributed by atoms with Crippen LogP contribution in [0.1, 0.15) is 38.1 Å².